The first-order valence-electron chi connectivity index (χ1n) is 12.1. The SMILES string of the molecule is CCOC(=O)c1ccn(CC[C@@H]2O[C@@H](c3cccc(OC)c3OC)c3cc(Cl)ccc3-n3cccc32)n1. The number of carbonyl (C=O) groups excluding carboxylic acids is 1. The molecule has 0 amide bonds. The van der Waals surface area contributed by atoms with Crippen LogP contribution in [0.1, 0.15) is 52.9 Å². The summed E-state index contributed by atoms with van der Waals surface area (Å²) in [6.07, 6.45) is 3.64. The Balaban J connectivity index is 1.53. The molecule has 0 bridgehead atoms. The fourth-order valence-corrected chi connectivity index (χ4v) is 4.94. The second-order valence-corrected chi connectivity index (χ2v) is 9.00. The van der Waals surface area contributed by atoms with Crippen LogP contribution in [0.2, 0.25) is 5.02 Å². The van der Waals surface area contributed by atoms with E-state index in [9.17, 15) is 4.79 Å². The lowest BCUT2D eigenvalue weighted by molar-refractivity contribution is -0.00169. The molecule has 0 spiro atoms. The first kappa shape index (κ1) is 24.9. The van der Waals surface area contributed by atoms with Gasteiger partial charge < -0.3 is 23.5 Å². The molecule has 3 heterocycles. The number of aryl methyl sites for hydroxylation is 1. The minimum atomic E-state index is -0.476. The summed E-state index contributed by atoms with van der Waals surface area (Å²) in [7, 11) is 3.24. The molecule has 2 atom stereocenters. The normalized spacial score (nSPS) is 16.4. The van der Waals surface area contributed by atoms with Crippen molar-refractivity contribution in [3.05, 3.63) is 94.5 Å². The summed E-state index contributed by atoms with van der Waals surface area (Å²) >= 11 is 6.47. The smallest absolute Gasteiger partial charge is 0.358 e. The Morgan fingerprint density at radius 2 is 1.92 bits per heavy atom. The molecule has 0 radical (unpaired) electrons. The van der Waals surface area contributed by atoms with Crippen molar-refractivity contribution in [1.82, 2.24) is 14.3 Å². The van der Waals surface area contributed by atoms with Crippen LogP contribution in [0.4, 0.5) is 0 Å². The topological polar surface area (TPSA) is 76.7 Å². The predicted octanol–water partition coefficient (Wildman–Crippen LogP) is 5.77. The van der Waals surface area contributed by atoms with Crippen LogP contribution < -0.4 is 9.47 Å². The van der Waals surface area contributed by atoms with Gasteiger partial charge in [0.1, 0.15) is 12.2 Å². The van der Waals surface area contributed by atoms with Crippen LogP contribution >= 0.6 is 11.6 Å². The van der Waals surface area contributed by atoms with Gasteiger partial charge in [0.15, 0.2) is 17.2 Å². The van der Waals surface area contributed by atoms with E-state index in [1.165, 1.54) is 0 Å². The molecule has 0 N–H and O–H groups in total. The molecule has 9 heteroatoms. The zero-order valence-corrected chi connectivity index (χ0v) is 21.6. The second kappa shape index (κ2) is 10.7. The number of halogens is 1. The summed E-state index contributed by atoms with van der Waals surface area (Å²) in [4.78, 5) is 12.0. The largest absolute Gasteiger partial charge is 0.493 e. The maximum absolute atomic E-state index is 12.0. The van der Waals surface area contributed by atoms with Crippen LogP contribution in [0.25, 0.3) is 5.69 Å². The number of fused-ring (bicyclic) bond motifs is 3. The highest BCUT2D eigenvalue weighted by molar-refractivity contribution is 6.30. The number of ether oxygens (including phenoxy) is 4. The summed E-state index contributed by atoms with van der Waals surface area (Å²) in [5.74, 6) is 0.798. The Labute approximate surface area is 220 Å². The zero-order chi connectivity index (χ0) is 25.9. The number of benzene rings is 2. The third kappa shape index (κ3) is 4.82. The van der Waals surface area contributed by atoms with E-state index < -0.39 is 12.1 Å². The molecule has 5 rings (SSSR count). The molecule has 2 aromatic carbocycles. The number of rotatable bonds is 8. The van der Waals surface area contributed by atoms with Crippen LogP contribution in [-0.4, -0.2) is 41.1 Å². The van der Waals surface area contributed by atoms with Gasteiger partial charge in [0.2, 0.25) is 0 Å². The van der Waals surface area contributed by atoms with Gasteiger partial charge in [-0.2, -0.15) is 5.10 Å². The molecule has 4 aromatic rings. The van der Waals surface area contributed by atoms with Crippen molar-refractivity contribution in [2.24, 2.45) is 0 Å². The molecule has 0 saturated heterocycles. The van der Waals surface area contributed by atoms with Crippen molar-refractivity contribution >= 4 is 17.6 Å². The predicted molar refractivity (Wildman–Crippen MR) is 139 cm³/mol. The van der Waals surface area contributed by atoms with E-state index >= 15 is 0 Å². The molecule has 1 aliphatic heterocycles. The van der Waals surface area contributed by atoms with Gasteiger partial charge in [0.05, 0.1) is 32.2 Å². The van der Waals surface area contributed by atoms with Gasteiger partial charge in [-0.3, -0.25) is 4.68 Å². The first-order chi connectivity index (χ1) is 18.0. The van der Waals surface area contributed by atoms with E-state index in [4.69, 9.17) is 30.5 Å². The van der Waals surface area contributed by atoms with Gasteiger partial charge >= 0.3 is 5.97 Å². The van der Waals surface area contributed by atoms with E-state index in [2.05, 4.69) is 15.7 Å². The number of esters is 1. The van der Waals surface area contributed by atoms with E-state index in [-0.39, 0.29) is 11.8 Å². The van der Waals surface area contributed by atoms with E-state index in [0.29, 0.717) is 36.1 Å². The Morgan fingerprint density at radius 1 is 1.05 bits per heavy atom. The van der Waals surface area contributed by atoms with Crippen molar-refractivity contribution < 1.29 is 23.7 Å². The highest BCUT2D eigenvalue weighted by Gasteiger charge is 2.33. The lowest BCUT2D eigenvalue weighted by Gasteiger charge is -2.25. The first-order valence-corrected chi connectivity index (χ1v) is 12.5. The average Bonchev–Trinajstić information content (AvgIpc) is 3.57. The van der Waals surface area contributed by atoms with E-state index in [1.54, 1.807) is 38.1 Å². The van der Waals surface area contributed by atoms with Crippen molar-refractivity contribution in [1.29, 1.82) is 0 Å². The summed E-state index contributed by atoms with van der Waals surface area (Å²) in [5, 5.41) is 5.00. The molecule has 1 aliphatic rings. The maximum atomic E-state index is 12.0. The lowest BCUT2D eigenvalue weighted by atomic mass is 9.98. The quantitative estimate of drug-likeness (QED) is 0.274. The number of hydrogen-bond acceptors (Lipinski definition) is 6. The van der Waals surface area contributed by atoms with Gasteiger partial charge in [-0.05, 0) is 55.8 Å². The highest BCUT2D eigenvalue weighted by Crippen LogP contribution is 2.46. The third-order valence-electron chi connectivity index (χ3n) is 6.40. The van der Waals surface area contributed by atoms with E-state index in [0.717, 1.165) is 22.5 Å². The van der Waals surface area contributed by atoms with Gasteiger partial charge in [0, 0.05) is 35.1 Å². The second-order valence-electron chi connectivity index (χ2n) is 8.57. The molecule has 0 unspecified atom stereocenters. The number of para-hydroxylation sites is 1. The van der Waals surface area contributed by atoms with Gasteiger partial charge in [-0.25, -0.2) is 4.79 Å². The minimum Gasteiger partial charge on any atom is -0.493 e. The molecular formula is C28H28ClN3O5. The van der Waals surface area contributed by atoms with Crippen LogP contribution in [0, 0.1) is 0 Å². The summed E-state index contributed by atoms with van der Waals surface area (Å²) in [5.41, 5.74) is 4.02. The summed E-state index contributed by atoms with van der Waals surface area (Å²) < 4.78 is 27.1. The number of aromatic nitrogens is 3. The van der Waals surface area contributed by atoms with Crippen molar-refractivity contribution in [2.75, 3.05) is 20.8 Å². The van der Waals surface area contributed by atoms with Gasteiger partial charge in [0.25, 0.3) is 0 Å². The van der Waals surface area contributed by atoms with E-state index in [1.807, 2.05) is 48.7 Å². The lowest BCUT2D eigenvalue weighted by Crippen LogP contribution is -2.14. The molecule has 192 valence electrons. The van der Waals surface area contributed by atoms with Gasteiger partial charge in [-0.1, -0.05) is 23.7 Å². The molecular weight excluding hydrogens is 494 g/mol. The monoisotopic (exact) mass is 521 g/mol. The Bertz CT molecular complexity index is 1410. The van der Waals surface area contributed by atoms with Crippen LogP contribution in [0.3, 0.4) is 0 Å². The molecule has 0 fully saturated rings. The third-order valence-corrected chi connectivity index (χ3v) is 6.64. The van der Waals surface area contributed by atoms with Crippen molar-refractivity contribution in [2.45, 2.75) is 32.1 Å². The zero-order valence-electron chi connectivity index (χ0n) is 20.9. The molecule has 0 saturated carbocycles. The fraction of sp³-hybridized carbons (Fsp3) is 0.286. The minimum absolute atomic E-state index is 0.285. The number of methoxy groups -OCH3 is 2. The van der Waals surface area contributed by atoms with Crippen LogP contribution in [0.15, 0.2) is 67.0 Å². The van der Waals surface area contributed by atoms with Crippen LogP contribution in [0.5, 0.6) is 11.5 Å². The summed E-state index contributed by atoms with van der Waals surface area (Å²) in [6, 6.07) is 17.3. The van der Waals surface area contributed by atoms with Crippen molar-refractivity contribution in [3.8, 4) is 17.2 Å². The number of hydrogen-bond donors (Lipinski definition) is 0. The standard InChI is InChI=1S/C28H28ClN3O5/c1-4-36-28(33)21-12-15-31(30-21)16-13-24-23-8-6-14-32(23)22-11-10-18(29)17-20(22)26(37-24)19-7-5-9-25(34-2)27(19)35-3/h5-12,14-15,17,24,26H,4,13,16H2,1-3H3/t24-,26-/m0/s1. The molecule has 2 aromatic heterocycles. The number of carbonyl (C=O) groups is 1. The molecule has 8 nitrogen and oxygen atoms in total. The van der Waals surface area contributed by atoms with Crippen LogP contribution in [-0.2, 0) is 16.0 Å². The Kier molecular flexibility index (Phi) is 7.21. The fourth-order valence-electron chi connectivity index (χ4n) is 4.76. The Morgan fingerprint density at radius 3 is 2.70 bits per heavy atom. The maximum Gasteiger partial charge on any atom is 0.358 e. The molecule has 37 heavy (non-hydrogen) atoms. The Hall–Kier alpha value is -3.75. The highest BCUT2D eigenvalue weighted by atomic mass is 35.5. The molecule has 0 aliphatic carbocycles. The van der Waals surface area contributed by atoms with Gasteiger partial charge in [-0.15, -0.1) is 0 Å². The average molecular weight is 522 g/mol. The summed E-state index contributed by atoms with van der Waals surface area (Å²) in [6.45, 7) is 2.61. The van der Waals surface area contributed by atoms with Crippen molar-refractivity contribution in [3.63, 3.8) is 0 Å². The number of nitrogens with zero attached hydrogens (tertiary/aromatic N) is 3.